The number of ether oxygens (including phenoxy) is 1. The second kappa shape index (κ2) is 5.98. The Hall–Kier alpha value is -0.860. The topological polar surface area (TPSA) is 79.0 Å². The van der Waals surface area contributed by atoms with Gasteiger partial charge in [-0.1, -0.05) is 0 Å². The minimum Gasteiger partial charge on any atom is -0.444 e. The van der Waals surface area contributed by atoms with E-state index in [0.717, 1.165) is 25.9 Å². The van der Waals surface area contributed by atoms with Crippen LogP contribution in [0.15, 0.2) is 0 Å². The Balaban J connectivity index is 1.83. The molecule has 2 aliphatic rings. The summed E-state index contributed by atoms with van der Waals surface area (Å²) in [4.78, 5) is 16.1. The third-order valence-electron chi connectivity index (χ3n) is 4.09. The van der Waals surface area contributed by atoms with Gasteiger partial charge in [-0.25, -0.2) is 17.9 Å². The van der Waals surface area contributed by atoms with Crippen LogP contribution in [0.4, 0.5) is 4.79 Å². The minimum absolute atomic E-state index is 0.0525. The average Bonchev–Trinajstić information content (AvgIpc) is 3.15. The van der Waals surface area contributed by atoms with E-state index < -0.39 is 15.6 Å². The Labute approximate surface area is 133 Å². The first-order valence-electron chi connectivity index (χ1n) is 7.68. The number of nitrogens with zero attached hydrogens (tertiary/aromatic N) is 2. The van der Waals surface area contributed by atoms with Crippen LogP contribution < -0.4 is 4.72 Å². The van der Waals surface area contributed by atoms with E-state index in [-0.39, 0.29) is 11.6 Å². The van der Waals surface area contributed by atoms with Crippen molar-refractivity contribution in [3.63, 3.8) is 0 Å². The maximum Gasteiger partial charge on any atom is 0.410 e. The second-order valence-corrected chi connectivity index (χ2v) is 9.11. The minimum atomic E-state index is -3.16. The number of carbonyl (C=O) groups is 1. The number of sulfonamides is 1. The zero-order valence-electron chi connectivity index (χ0n) is 13.9. The summed E-state index contributed by atoms with van der Waals surface area (Å²) in [5.74, 6) is 0. The van der Waals surface area contributed by atoms with Crippen molar-refractivity contribution in [1.29, 1.82) is 0 Å². The highest BCUT2D eigenvalue weighted by molar-refractivity contribution is 7.88. The molecule has 1 aliphatic carbocycles. The summed E-state index contributed by atoms with van der Waals surface area (Å²) in [7, 11) is -3.16. The van der Waals surface area contributed by atoms with Crippen molar-refractivity contribution < 1.29 is 17.9 Å². The first-order chi connectivity index (χ1) is 10.0. The SMILES string of the molecule is CC(C)(C)OC(=O)N1CCN(C2(CNS(C)(=O)=O)CC2)CC1. The van der Waals surface area contributed by atoms with Gasteiger partial charge in [-0.15, -0.1) is 0 Å². The maximum atomic E-state index is 12.0. The predicted molar refractivity (Wildman–Crippen MR) is 84.2 cm³/mol. The molecule has 0 radical (unpaired) electrons. The largest absolute Gasteiger partial charge is 0.444 e. The fraction of sp³-hybridized carbons (Fsp3) is 0.929. The van der Waals surface area contributed by atoms with Gasteiger partial charge in [0.2, 0.25) is 10.0 Å². The Morgan fingerprint density at radius 2 is 1.73 bits per heavy atom. The zero-order chi connectivity index (χ0) is 16.6. The van der Waals surface area contributed by atoms with Gasteiger partial charge in [0.05, 0.1) is 6.26 Å². The van der Waals surface area contributed by atoms with Crippen molar-refractivity contribution in [2.75, 3.05) is 39.0 Å². The van der Waals surface area contributed by atoms with Crippen molar-refractivity contribution in [3.8, 4) is 0 Å². The van der Waals surface area contributed by atoms with E-state index in [1.165, 1.54) is 6.26 Å². The lowest BCUT2D eigenvalue weighted by atomic mass is 10.2. The summed E-state index contributed by atoms with van der Waals surface area (Å²) in [6.07, 6.45) is 2.92. The normalized spacial score (nSPS) is 22.5. The molecule has 0 unspecified atom stereocenters. The highest BCUT2D eigenvalue weighted by Gasteiger charge is 2.49. The van der Waals surface area contributed by atoms with Gasteiger partial charge in [0.25, 0.3) is 0 Å². The van der Waals surface area contributed by atoms with Crippen molar-refractivity contribution in [1.82, 2.24) is 14.5 Å². The van der Waals surface area contributed by atoms with Gasteiger partial charge in [0.15, 0.2) is 0 Å². The smallest absolute Gasteiger partial charge is 0.410 e. The zero-order valence-corrected chi connectivity index (χ0v) is 14.7. The molecule has 1 aliphatic heterocycles. The lowest BCUT2D eigenvalue weighted by Crippen LogP contribution is -2.56. The molecule has 1 amide bonds. The molecule has 1 N–H and O–H groups in total. The van der Waals surface area contributed by atoms with Crippen LogP contribution in [0.3, 0.4) is 0 Å². The van der Waals surface area contributed by atoms with Crippen molar-refractivity contribution in [2.45, 2.75) is 44.8 Å². The maximum absolute atomic E-state index is 12.0. The van der Waals surface area contributed by atoms with E-state index >= 15 is 0 Å². The molecule has 1 saturated carbocycles. The molecule has 7 nitrogen and oxygen atoms in total. The molecule has 0 aromatic rings. The number of piperazine rings is 1. The standard InChI is InChI=1S/C14H27N3O4S/c1-13(2,3)21-12(18)16-7-9-17(10-8-16)14(5-6-14)11-15-22(4,19)20/h15H,5-11H2,1-4H3. The Bertz CT molecular complexity index is 515. The summed E-state index contributed by atoms with van der Waals surface area (Å²) in [6.45, 7) is 8.78. The lowest BCUT2D eigenvalue weighted by molar-refractivity contribution is 0.00882. The van der Waals surface area contributed by atoms with E-state index in [9.17, 15) is 13.2 Å². The summed E-state index contributed by atoms with van der Waals surface area (Å²) >= 11 is 0. The number of hydrogen-bond donors (Lipinski definition) is 1. The van der Waals surface area contributed by atoms with Gasteiger partial charge >= 0.3 is 6.09 Å². The van der Waals surface area contributed by atoms with Gasteiger partial charge in [0, 0.05) is 38.3 Å². The van der Waals surface area contributed by atoms with E-state index in [4.69, 9.17) is 4.74 Å². The molecular weight excluding hydrogens is 306 g/mol. The quantitative estimate of drug-likeness (QED) is 0.816. The van der Waals surface area contributed by atoms with Crippen molar-refractivity contribution in [2.24, 2.45) is 0 Å². The predicted octanol–water partition coefficient (Wildman–Crippen LogP) is 0.621. The third-order valence-corrected chi connectivity index (χ3v) is 4.76. The Morgan fingerprint density at radius 3 is 2.14 bits per heavy atom. The van der Waals surface area contributed by atoms with Crippen LogP contribution in [0, 0.1) is 0 Å². The highest BCUT2D eigenvalue weighted by Crippen LogP contribution is 2.41. The molecule has 0 spiro atoms. The van der Waals surface area contributed by atoms with Gasteiger partial charge in [-0.2, -0.15) is 0 Å². The van der Waals surface area contributed by atoms with Gasteiger partial charge in [0.1, 0.15) is 5.60 Å². The fourth-order valence-corrected chi connectivity index (χ4v) is 3.24. The number of nitrogens with one attached hydrogen (secondary N) is 1. The lowest BCUT2D eigenvalue weighted by Gasteiger charge is -2.40. The number of carbonyl (C=O) groups excluding carboxylic acids is 1. The van der Waals surface area contributed by atoms with Gasteiger partial charge in [-0.05, 0) is 33.6 Å². The van der Waals surface area contributed by atoms with Gasteiger partial charge in [-0.3, -0.25) is 4.90 Å². The van der Waals surface area contributed by atoms with E-state index in [1.54, 1.807) is 4.90 Å². The molecule has 1 heterocycles. The van der Waals surface area contributed by atoms with Crippen LogP contribution in [0.1, 0.15) is 33.6 Å². The van der Waals surface area contributed by atoms with E-state index in [1.807, 2.05) is 20.8 Å². The van der Waals surface area contributed by atoms with Crippen molar-refractivity contribution in [3.05, 3.63) is 0 Å². The van der Waals surface area contributed by atoms with Gasteiger partial charge < -0.3 is 9.64 Å². The summed E-state index contributed by atoms with van der Waals surface area (Å²) in [5, 5.41) is 0. The molecule has 8 heteroatoms. The summed E-state index contributed by atoms with van der Waals surface area (Å²) < 4.78 is 30.5. The first-order valence-corrected chi connectivity index (χ1v) is 9.58. The second-order valence-electron chi connectivity index (χ2n) is 7.27. The number of amides is 1. The molecule has 128 valence electrons. The van der Waals surface area contributed by atoms with Crippen molar-refractivity contribution >= 4 is 16.1 Å². The Kier molecular flexibility index (Phi) is 4.75. The number of hydrogen-bond acceptors (Lipinski definition) is 5. The highest BCUT2D eigenvalue weighted by atomic mass is 32.2. The molecule has 0 atom stereocenters. The van der Waals surface area contributed by atoms with E-state index in [0.29, 0.717) is 19.6 Å². The summed E-state index contributed by atoms with van der Waals surface area (Å²) in [5.41, 5.74) is -0.533. The fourth-order valence-electron chi connectivity index (χ4n) is 2.70. The monoisotopic (exact) mass is 333 g/mol. The van der Waals surface area contributed by atoms with E-state index in [2.05, 4.69) is 9.62 Å². The molecular formula is C14H27N3O4S. The molecule has 0 aromatic carbocycles. The van der Waals surface area contributed by atoms with Crippen LogP contribution in [-0.2, 0) is 14.8 Å². The molecule has 22 heavy (non-hydrogen) atoms. The van der Waals surface area contributed by atoms with Crippen LogP contribution in [0.5, 0.6) is 0 Å². The summed E-state index contributed by atoms with van der Waals surface area (Å²) in [6, 6.07) is 0. The van der Waals surface area contributed by atoms with Crippen LogP contribution in [-0.4, -0.2) is 74.4 Å². The third kappa shape index (κ3) is 4.82. The molecule has 0 aromatic heterocycles. The average molecular weight is 333 g/mol. The van der Waals surface area contributed by atoms with Crippen LogP contribution in [0.25, 0.3) is 0 Å². The molecule has 1 saturated heterocycles. The van der Waals surface area contributed by atoms with Crippen LogP contribution in [0.2, 0.25) is 0 Å². The molecule has 0 bridgehead atoms. The molecule has 2 fully saturated rings. The molecule has 2 rings (SSSR count). The number of rotatable bonds is 4. The van der Waals surface area contributed by atoms with Crippen LogP contribution >= 0.6 is 0 Å². The first kappa shape index (κ1) is 17.5. The Morgan fingerprint density at radius 1 is 1.18 bits per heavy atom.